The minimum atomic E-state index is -0.539. The Morgan fingerprint density at radius 2 is 2.00 bits per heavy atom. The monoisotopic (exact) mass is 346 g/mol. The van der Waals surface area contributed by atoms with Crippen molar-refractivity contribution in [3.63, 3.8) is 0 Å². The zero-order valence-electron chi connectivity index (χ0n) is 13.9. The van der Waals surface area contributed by atoms with Crippen molar-refractivity contribution < 1.29 is 18.8 Å². The summed E-state index contributed by atoms with van der Waals surface area (Å²) in [6.45, 7) is 0.770. The molecule has 1 fully saturated rings. The van der Waals surface area contributed by atoms with Crippen molar-refractivity contribution in [2.45, 2.75) is 31.8 Å². The summed E-state index contributed by atoms with van der Waals surface area (Å²) in [6, 6.07) is 5.22. The Balaban J connectivity index is 1.68. The van der Waals surface area contributed by atoms with Gasteiger partial charge in [0.15, 0.2) is 0 Å². The van der Waals surface area contributed by atoms with Crippen LogP contribution in [0.25, 0.3) is 0 Å². The Morgan fingerprint density at radius 3 is 2.64 bits per heavy atom. The summed E-state index contributed by atoms with van der Waals surface area (Å²) in [5.74, 6) is -1.10. The number of likely N-dealkylation sites (N-methyl/N-ethyl adjacent to an activating group) is 1. The van der Waals surface area contributed by atoms with Crippen LogP contribution in [0.5, 0.6) is 0 Å². The van der Waals surface area contributed by atoms with E-state index in [0.717, 1.165) is 0 Å². The first-order chi connectivity index (χ1) is 11.9. The van der Waals surface area contributed by atoms with Gasteiger partial charge in [-0.2, -0.15) is 5.10 Å². The molecule has 0 aliphatic carbocycles. The molecule has 1 atom stereocenters. The van der Waals surface area contributed by atoms with E-state index in [1.165, 1.54) is 17.1 Å². The van der Waals surface area contributed by atoms with E-state index >= 15 is 0 Å². The topological polar surface area (TPSA) is 82.1 Å². The molecule has 3 rings (SSSR count). The van der Waals surface area contributed by atoms with Crippen molar-refractivity contribution in [1.82, 2.24) is 15.2 Å². The van der Waals surface area contributed by atoms with Crippen LogP contribution < -0.4 is 5.32 Å². The summed E-state index contributed by atoms with van der Waals surface area (Å²) in [7, 11) is 1.69. The summed E-state index contributed by atoms with van der Waals surface area (Å²) in [5.41, 5.74) is 0.941. The number of nitrogens with one attached hydrogen (secondary N) is 1. The maximum Gasteiger partial charge on any atom is 0.268 e. The summed E-state index contributed by atoms with van der Waals surface area (Å²) in [6.07, 6.45) is 0.972. The minimum Gasteiger partial charge on any atom is -0.344 e. The predicted molar refractivity (Wildman–Crippen MR) is 87.8 cm³/mol. The van der Waals surface area contributed by atoms with Gasteiger partial charge in [-0.05, 0) is 24.1 Å². The van der Waals surface area contributed by atoms with E-state index in [2.05, 4.69) is 10.4 Å². The summed E-state index contributed by atoms with van der Waals surface area (Å²) in [5, 5.41) is 8.04. The van der Waals surface area contributed by atoms with Crippen molar-refractivity contribution in [2.75, 3.05) is 13.6 Å². The van der Waals surface area contributed by atoms with Crippen LogP contribution >= 0.6 is 0 Å². The van der Waals surface area contributed by atoms with Crippen molar-refractivity contribution in [1.29, 1.82) is 0 Å². The molecule has 0 saturated carbocycles. The zero-order valence-corrected chi connectivity index (χ0v) is 13.9. The lowest BCUT2D eigenvalue weighted by molar-refractivity contribution is -0.133. The molecule has 25 heavy (non-hydrogen) atoms. The molecule has 0 spiro atoms. The van der Waals surface area contributed by atoms with Gasteiger partial charge < -0.3 is 10.2 Å². The molecule has 0 radical (unpaired) electrons. The number of carbonyl (C=O) groups excluding carboxylic acids is 3. The number of likely N-dealkylation sites (tertiary alicyclic amines) is 1. The molecule has 2 aliphatic heterocycles. The summed E-state index contributed by atoms with van der Waals surface area (Å²) in [4.78, 5) is 37.8. The van der Waals surface area contributed by atoms with Crippen molar-refractivity contribution in [2.24, 2.45) is 5.10 Å². The van der Waals surface area contributed by atoms with E-state index in [9.17, 15) is 18.8 Å². The number of rotatable bonds is 4. The molecule has 2 heterocycles. The van der Waals surface area contributed by atoms with Crippen LogP contribution in [-0.2, 0) is 20.9 Å². The van der Waals surface area contributed by atoms with E-state index in [-0.39, 0.29) is 42.7 Å². The number of hydrogen-bond acceptors (Lipinski definition) is 4. The SMILES string of the molecule is CN1CCC(NC(=O)C2=NN(Cc3ccc(F)cc3)C(=O)CC2)C1=O. The molecular formula is C17H19FN4O3. The number of hydrogen-bond donors (Lipinski definition) is 1. The van der Waals surface area contributed by atoms with E-state index in [0.29, 0.717) is 18.5 Å². The highest BCUT2D eigenvalue weighted by Gasteiger charge is 2.32. The fourth-order valence-electron chi connectivity index (χ4n) is 2.85. The Bertz CT molecular complexity index is 732. The maximum absolute atomic E-state index is 13.0. The van der Waals surface area contributed by atoms with Gasteiger partial charge in [0, 0.05) is 26.4 Å². The molecule has 0 bridgehead atoms. The first-order valence-corrected chi connectivity index (χ1v) is 8.12. The third-order valence-corrected chi connectivity index (χ3v) is 4.35. The number of halogens is 1. The van der Waals surface area contributed by atoms with E-state index in [1.807, 2.05) is 0 Å². The molecule has 7 nitrogen and oxygen atoms in total. The van der Waals surface area contributed by atoms with E-state index in [1.54, 1.807) is 24.1 Å². The molecule has 2 aliphatic rings. The third kappa shape index (κ3) is 3.84. The van der Waals surface area contributed by atoms with Crippen molar-refractivity contribution in [3.8, 4) is 0 Å². The van der Waals surface area contributed by atoms with E-state index < -0.39 is 11.9 Å². The average Bonchev–Trinajstić information content (AvgIpc) is 2.91. The van der Waals surface area contributed by atoms with E-state index in [4.69, 9.17) is 0 Å². The number of carbonyl (C=O) groups is 3. The smallest absolute Gasteiger partial charge is 0.268 e. The van der Waals surface area contributed by atoms with Crippen LogP contribution in [0, 0.1) is 5.82 Å². The van der Waals surface area contributed by atoms with Crippen LogP contribution in [0.15, 0.2) is 29.4 Å². The van der Waals surface area contributed by atoms with Crippen molar-refractivity contribution in [3.05, 3.63) is 35.6 Å². The average molecular weight is 346 g/mol. The van der Waals surface area contributed by atoms with Crippen LogP contribution in [0.2, 0.25) is 0 Å². The van der Waals surface area contributed by atoms with Crippen LogP contribution in [0.1, 0.15) is 24.8 Å². The fraction of sp³-hybridized carbons (Fsp3) is 0.412. The summed E-state index contributed by atoms with van der Waals surface area (Å²) < 4.78 is 13.0. The van der Waals surface area contributed by atoms with Gasteiger partial charge in [0.1, 0.15) is 17.6 Å². The van der Waals surface area contributed by atoms with Gasteiger partial charge in [-0.3, -0.25) is 14.4 Å². The standard InChI is InChI=1S/C17H19FN4O3/c1-21-9-8-14(17(21)25)19-16(24)13-6-7-15(23)22(20-13)10-11-2-4-12(18)5-3-11/h2-5,14H,6-10H2,1H3,(H,19,24). The molecule has 1 saturated heterocycles. The highest BCUT2D eigenvalue weighted by atomic mass is 19.1. The molecule has 1 N–H and O–H groups in total. The first kappa shape index (κ1) is 17.1. The molecule has 1 aromatic carbocycles. The van der Waals surface area contributed by atoms with Gasteiger partial charge in [0.2, 0.25) is 11.8 Å². The quantitative estimate of drug-likeness (QED) is 0.869. The lowest BCUT2D eigenvalue weighted by Gasteiger charge is -2.23. The molecule has 132 valence electrons. The summed E-state index contributed by atoms with van der Waals surface area (Å²) >= 11 is 0. The molecule has 8 heteroatoms. The largest absolute Gasteiger partial charge is 0.344 e. The Hall–Kier alpha value is -2.77. The van der Waals surface area contributed by atoms with Crippen molar-refractivity contribution >= 4 is 23.4 Å². The number of amides is 3. The van der Waals surface area contributed by atoms with Gasteiger partial charge in [0.25, 0.3) is 5.91 Å². The van der Waals surface area contributed by atoms with Gasteiger partial charge in [-0.15, -0.1) is 0 Å². The number of benzene rings is 1. The predicted octanol–water partition coefficient (Wildman–Crippen LogP) is 0.651. The molecule has 1 unspecified atom stereocenters. The van der Waals surface area contributed by atoms with Gasteiger partial charge in [0.05, 0.1) is 6.54 Å². The first-order valence-electron chi connectivity index (χ1n) is 8.12. The highest BCUT2D eigenvalue weighted by molar-refractivity contribution is 6.39. The normalized spacial score (nSPS) is 20.7. The number of nitrogens with zero attached hydrogens (tertiary/aromatic N) is 3. The second kappa shape index (κ2) is 7.00. The van der Waals surface area contributed by atoms with Crippen LogP contribution in [0.3, 0.4) is 0 Å². The Kier molecular flexibility index (Phi) is 4.78. The highest BCUT2D eigenvalue weighted by Crippen LogP contribution is 2.15. The second-order valence-corrected chi connectivity index (χ2v) is 6.20. The van der Waals surface area contributed by atoms with Gasteiger partial charge in [-0.1, -0.05) is 12.1 Å². The zero-order chi connectivity index (χ0) is 18.0. The number of hydrazone groups is 1. The van der Waals surface area contributed by atoms with Crippen LogP contribution in [-0.4, -0.2) is 53.0 Å². The van der Waals surface area contributed by atoms with Gasteiger partial charge >= 0.3 is 0 Å². The molecule has 0 aromatic heterocycles. The third-order valence-electron chi connectivity index (χ3n) is 4.35. The Morgan fingerprint density at radius 1 is 1.28 bits per heavy atom. The second-order valence-electron chi connectivity index (χ2n) is 6.20. The molecular weight excluding hydrogens is 327 g/mol. The van der Waals surface area contributed by atoms with Gasteiger partial charge in [-0.25, -0.2) is 9.40 Å². The lowest BCUT2D eigenvalue weighted by Crippen LogP contribution is -2.45. The minimum absolute atomic E-state index is 0.121. The fourth-order valence-corrected chi connectivity index (χ4v) is 2.85. The van der Waals surface area contributed by atoms with Crippen LogP contribution in [0.4, 0.5) is 4.39 Å². The molecule has 1 aromatic rings. The molecule has 3 amide bonds. The Labute approximate surface area is 144 Å². The maximum atomic E-state index is 13.0. The lowest BCUT2D eigenvalue weighted by atomic mass is 10.1.